The molecule has 0 aliphatic rings. The Balaban J connectivity index is 1.35. The van der Waals surface area contributed by atoms with E-state index in [4.69, 9.17) is 16.3 Å². The Morgan fingerprint density at radius 3 is 2.45 bits per heavy atom. The number of ether oxygens (including phenoxy) is 1. The minimum atomic E-state index is -4.43. The number of pyridine rings is 1. The summed E-state index contributed by atoms with van der Waals surface area (Å²) in [5.74, 6) is 1.09. The number of nitrogens with zero attached hydrogens (tertiary/aromatic N) is 5. The number of halogens is 4. The molecule has 0 bridgehead atoms. The molecule has 0 aliphatic heterocycles. The molecule has 0 saturated carbocycles. The molecule has 0 saturated heterocycles. The summed E-state index contributed by atoms with van der Waals surface area (Å²) in [4.78, 5) is 20.2. The summed E-state index contributed by atoms with van der Waals surface area (Å²) in [6.45, 7) is 0.570. The van der Waals surface area contributed by atoms with Crippen LogP contribution in [0.4, 0.5) is 19.0 Å². The molecule has 1 aromatic carbocycles. The van der Waals surface area contributed by atoms with Gasteiger partial charge < -0.3 is 10.1 Å². The number of hydrogen-bond acceptors (Lipinski definition) is 7. The van der Waals surface area contributed by atoms with E-state index in [0.29, 0.717) is 35.7 Å². The molecule has 0 aliphatic carbocycles. The van der Waals surface area contributed by atoms with Crippen molar-refractivity contribution in [1.29, 1.82) is 0 Å². The number of fused-ring (bicyclic) bond motifs is 1. The minimum absolute atomic E-state index is 0.0813. The number of alkyl halides is 3. The molecule has 4 aromatic rings. The lowest BCUT2D eigenvalue weighted by molar-refractivity contribution is -0.137. The van der Waals surface area contributed by atoms with Crippen LogP contribution in [-0.2, 0) is 12.6 Å². The highest BCUT2D eigenvalue weighted by molar-refractivity contribution is 6.29. The number of nitrogens with one attached hydrogen (secondary N) is 1. The standard InChI is InChI=1S/C20H14ClF3N6O/c21-15-10-27-19-17(30-15)18(28-11-29-19)25-8-7-12-1-4-14(5-2-12)31-16-6-3-13(9-26-16)20(22,23)24/h1-6,9-11H,7-8H2,(H,25,27,28,29). The summed E-state index contributed by atoms with van der Waals surface area (Å²) in [7, 11) is 0. The SMILES string of the molecule is FC(F)(F)c1ccc(Oc2ccc(CCNc3ncnc4ncc(Cl)nc34)cc2)nc1. The normalized spacial score (nSPS) is 11.5. The van der Waals surface area contributed by atoms with Gasteiger partial charge in [0, 0.05) is 18.8 Å². The van der Waals surface area contributed by atoms with Gasteiger partial charge in [-0.1, -0.05) is 23.7 Å². The van der Waals surface area contributed by atoms with Gasteiger partial charge in [0.25, 0.3) is 0 Å². The third-order valence-electron chi connectivity index (χ3n) is 4.23. The summed E-state index contributed by atoms with van der Waals surface area (Å²) in [5, 5.41) is 3.44. The molecule has 0 fully saturated rings. The van der Waals surface area contributed by atoms with E-state index in [2.05, 4.69) is 30.2 Å². The summed E-state index contributed by atoms with van der Waals surface area (Å²) in [6.07, 6.45) is -0.195. The van der Waals surface area contributed by atoms with Crippen molar-refractivity contribution in [2.75, 3.05) is 11.9 Å². The lowest BCUT2D eigenvalue weighted by atomic mass is 10.1. The Bertz CT molecular complexity index is 1190. The molecule has 0 unspecified atom stereocenters. The molecule has 31 heavy (non-hydrogen) atoms. The lowest BCUT2D eigenvalue weighted by Crippen LogP contribution is -2.08. The van der Waals surface area contributed by atoms with Gasteiger partial charge in [0.2, 0.25) is 5.88 Å². The zero-order valence-corrected chi connectivity index (χ0v) is 16.5. The van der Waals surface area contributed by atoms with Crippen molar-refractivity contribution in [2.45, 2.75) is 12.6 Å². The average molecular weight is 447 g/mol. The van der Waals surface area contributed by atoms with Crippen LogP contribution >= 0.6 is 11.6 Å². The fourth-order valence-corrected chi connectivity index (χ4v) is 2.86. The predicted molar refractivity (Wildman–Crippen MR) is 108 cm³/mol. The van der Waals surface area contributed by atoms with Gasteiger partial charge in [-0.2, -0.15) is 13.2 Å². The highest BCUT2D eigenvalue weighted by Gasteiger charge is 2.30. The van der Waals surface area contributed by atoms with Crippen molar-refractivity contribution in [2.24, 2.45) is 0 Å². The van der Waals surface area contributed by atoms with Crippen molar-refractivity contribution in [3.8, 4) is 11.6 Å². The first-order chi connectivity index (χ1) is 14.9. The van der Waals surface area contributed by atoms with Crippen LogP contribution in [0.15, 0.2) is 55.1 Å². The summed E-state index contributed by atoms with van der Waals surface area (Å²) >= 11 is 5.90. The Morgan fingerprint density at radius 2 is 1.74 bits per heavy atom. The fourth-order valence-electron chi connectivity index (χ4n) is 2.72. The first-order valence-electron chi connectivity index (χ1n) is 9.06. The van der Waals surface area contributed by atoms with Gasteiger partial charge in [0.15, 0.2) is 17.0 Å². The smallest absolute Gasteiger partial charge is 0.417 e. The Morgan fingerprint density at radius 1 is 0.935 bits per heavy atom. The van der Waals surface area contributed by atoms with Crippen LogP contribution in [0, 0.1) is 0 Å². The summed E-state index contributed by atoms with van der Waals surface area (Å²) in [6, 6.07) is 9.27. The number of aromatic nitrogens is 5. The van der Waals surface area contributed by atoms with E-state index in [1.54, 1.807) is 12.1 Å². The predicted octanol–water partition coefficient (Wildman–Crippen LogP) is 4.93. The van der Waals surface area contributed by atoms with Gasteiger partial charge in [0.1, 0.15) is 17.2 Å². The summed E-state index contributed by atoms with van der Waals surface area (Å²) in [5.41, 5.74) is 1.12. The van der Waals surface area contributed by atoms with Gasteiger partial charge in [0.05, 0.1) is 11.8 Å². The van der Waals surface area contributed by atoms with E-state index in [1.807, 2.05) is 12.1 Å². The Hall–Kier alpha value is -3.53. The largest absolute Gasteiger partial charge is 0.439 e. The Kier molecular flexibility index (Phi) is 5.81. The minimum Gasteiger partial charge on any atom is -0.439 e. The van der Waals surface area contributed by atoms with Gasteiger partial charge in [-0.15, -0.1) is 0 Å². The van der Waals surface area contributed by atoms with Crippen LogP contribution in [0.25, 0.3) is 11.2 Å². The molecule has 0 atom stereocenters. The second-order valence-corrected chi connectivity index (χ2v) is 6.78. The maximum atomic E-state index is 12.6. The van der Waals surface area contributed by atoms with Crippen molar-refractivity contribution >= 4 is 28.6 Å². The number of benzene rings is 1. The van der Waals surface area contributed by atoms with Crippen LogP contribution in [0.5, 0.6) is 11.6 Å². The zero-order valence-electron chi connectivity index (χ0n) is 15.8. The number of anilines is 1. The fraction of sp³-hybridized carbons (Fsp3) is 0.150. The first-order valence-corrected chi connectivity index (χ1v) is 9.43. The molecule has 3 heterocycles. The number of hydrogen-bond donors (Lipinski definition) is 1. The zero-order chi connectivity index (χ0) is 21.8. The monoisotopic (exact) mass is 446 g/mol. The van der Waals surface area contributed by atoms with E-state index < -0.39 is 11.7 Å². The molecule has 1 N–H and O–H groups in total. The van der Waals surface area contributed by atoms with Crippen molar-refractivity contribution in [1.82, 2.24) is 24.9 Å². The highest BCUT2D eigenvalue weighted by atomic mass is 35.5. The van der Waals surface area contributed by atoms with Crippen LogP contribution < -0.4 is 10.1 Å². The first kappa shape index (κ1) is 20.7. The third-order valence-corrected chi connectivity index (χ3v) is 4.41. The van der Waals surface area contributed by atoms with E-state index in [1.165, 1.54) is 18.6 Å². The average Bonchev–Trinajstić information content (AvgIpc) is 2.75. The van der Waals surface area contributed by atoms with Crippen molar-refractivity contribution in [3.05, 3.63) is 71.4 Å². The second-order valence-electron chi connectivity index (χ2n) is 6.39. The van der Waals surface area contributed by atoms with Gasteiger partial charge in [-0.05, 0) is 30.2 Å². The molecule has 3 aromatic heterocycles. The van der Waals surface area contributed by atoms with Crippen LogP contribution in [0.1, 0.15) is 11.1 Å². The molecule has 7 nitrogen and oxygen atoms in total. The second kappa shape index (κ2) is 8.68. The molecule has 0 spiro atoms. The number of rotatable bonds is 6. The van der Waals surface area contributed by atoms with E-state index in [-0.39, 0.29) is 11.0 Å². The van der Waals surface area contributed by atoms with E-state index in [0.717, 1.165) is 17.8 Å². The van der Waals surface area contributed by atoms with Crippen LogP contribution in [0.2, 0.25) is 5.15 Å². The molecule has 4 rings (SSSR count). The van der Waals surface area contributed by atoms with Crippen molar-refractivity contribution in [3.63, 3.8) is 0 Å². The summed E-state index contributed by atoms with van der Waals surface area (Å²) < 4.78 is 43.3. The van der Waals surface area contributed by atoms with Crippen molar-refractivity contribution < 1.29 is 17.9 Å². The quantitative estimate of drug-likeness (QED) is 0.449. The molecular formula is C20H14ClF3N6O. The van der Waals surface area contributed by atoms with Gasteiger partial charge in [-0.25, -0.2) is 24.9 Å². The third kappa shape index (κ3) is 5.15. The molecule has 0 radical (unpaired) electrons. The maximum absolute atomic E-state index is 12.6. The maximum Gasteiger partial charge on any atom is 0.417 e. The molecular weight excluding hydrogens is 433 g/mol. The van der Waals surface area contributed by atoms with Gasteiger partial charge in [-0.3, -0.25) is 0 Å². The molecule has 11 heteroatoms. The van der Waals surface area contributed by atoms with Crippen LogP contribution in [-0.4, -0.2) is 31.5 Å². The van der Waals surface area contributed by atoms with E-state index >= 15 is 0 Å². The molecule has 158 valence electrons. The van der Waals surface area contributed by atoms with Crippen LogP contribution in [0.3, 0.4) is 0 Å². The van der Waals surface area contributed by atoms with Gasteiger partial charge >= 0.3 is 6.18 Å². The lowest BCUT2D eigenvalue weighted by Gasteiger charge is -2.09. The highest BCUT2D eigenvalue weighted by Crippen LogP contribution is 2.30. The topological polar surface area (TPSA) is 85.7 Å². The Labute approximate surface area is 179 Å². The van der Waals surface area contributed by atoms with E-state index in [9.17, 15) is 13.2 Å². The molecule has 0 amide bonds.